The van der Waals surface area contributed by atoms with E-state index in [9.17, 15) is 27.6 Å². The van der Waals surface area contributed by atoms with Gasteiger partial charge in [-0.15, -0.1) is 0 Å². The number of aliphatic carboxylic acids is 1. The van der Waals surface area contributed by atoms with Gasteiger partial charge in [-0.1, -0.05) is 0 Å². The van der Waals surface area contributed by atoms with Crippen molar-refractivity contribution in [1.82, 2.24) is 20.2 Å². The van der Waals surface area contributed by atoms with E-state index in [-0.39, 0.29) is 43.3 Å². The molecule has 0 saturated carbocycles. The normalized spacial score (nSPS) is 16.1. The number of aromatic amines is 1. The van der Waals surface area contributed by atoms with Crippen LogP contribution in [0.5, 0.6) is 0 Å². The summed E-state index contributed by atoms with van der Waals surface area (Å²) in [5, 5.41) is 14.9. The van der Waals surface area contributed by atoms with Crippen molar-refractivity contribution in [3.63, 3.8) is 0 Å². The number of carboxylic acid groups (broad SMARTS) is 1. The van der Waals surface area contributed by atoms with Crippen LogP contribution in [0.15, 0.2) is 36.4 Å². The fourth-order valence-electron chi connectivity index (χ4n) is 3.92. The number of benzene rings is 2. The van der Waals surface area contributed by atoms with Gasteiger partial charge in [0.05, 0.1) is 36.1 Å². The first-order valence-corrected chi connectivity index (χ1v) is 10.7. The minimum Gasteiger partial charge on any atom is -0.481 e. The van der Waals surface area contributed by atoms with Gasteiger partial charge in [0.15, 0.2) is 5.78 Å². The number of likely N-dealkylation sites (N-methyl/N-ethyl adjacent to an activating group) is 1. The van der Waals surface area contributed by atoms with E-state index in [1.165, 1.54) is 11.0 Å². The second kappa shape index (κ2) is 9.37. The molecule has 35 heavy (non-hydrogen) atoms. The maximum absolute atomic E-state index is 12.9. The summed E-state index contributed by atoms with van der Waals surface area (Å²) in [4.78, 5) is 44.7. The summed E-state index contributed by atoms with van der Waals surface area (Å²) in [6.45, 7) is 0.306. The smallest absolute Gasteiger partial charge is 0.416 e. The summed E-state index contributed by atoms with van der Waals surface area (Å²) < 4.78 is 38.6. The van der Waals surface area contributed by atoms with Crippen molar-refractivity contribution in [2.45, 2.75) is 31.7 Å². The molecule has 2 aromatic carbocycles. The van der Waals surface area contributed by atoms with Gasteiger partial charge < -0.3 is 25.6 Å². The number of amides is 1. The zero-order valence-corrected chi connectivity index (χ0v) is 18.6. The number of ketones is 1. The Morgan fingerprint density at radius 3 is 2.71 bits per heavy atom. The van der Waals surface area contributed by atoms with Crippen LogP contribution in [0.25, 0.3) is 11.0 Å². The minimum atomic E-state index is -4.45. The third-order valence-electron chi connectivity index (χ3n) is 5.65. The zero-order chi connectivity index (χ0) is 25.3. The van der Waals surface area contributed by atoms with Gasteiger partial charge in [-0.2, -0.15) is 13.2 Å². The highest BCUT2D eigenvalue weighted by Crippen LogP contribution is 2.31. The standard InChI is InChI=1S/C23H22F3N5O4/c1-31-11-13-6-12(2-4-15(13)28-18(22(31)35)8-21(33)34)19(32)9-27-10-20-29-16-5-3-14(23(24,25)26)7-17(16)30-20/h2-7,18,27-28H,8-11H2,1H3,(H,29,30)(H,33,34). The van der Waals surface area contributed by atoms with Gasteiger partial charge >= 0.3 is 12.1 Å². The number of aromatic nitrogens is 2. The van der Waals surface area contributed by atoms with E-state index in [0.717, 1.165) is 12.1 Å². The van der Waals surface area contributed by atoms with E-state index in [2.05, 4.69) is 20.6 Å². The van der Waals surface area contributed by atoms with Gasteiger partial charge in [0.2, 0.25) is 5.91 Å². The summed E-state index contributed by atoms with van der Waals surface area (Å²) in [5.74, 6) is -1.30. The number of hydrogen-bond acceptors (Lipinski definition) is 6. The molecule has 0 fully saturated rings. The summed E-state index contributed by atoms with van der Waals surface area (Å²) >= 11 is 0. The zero-order valence-electron chi connectivity index (χ0n) is 18.6. The van der Waals surface area contributed by atoms with Gasteiger partial charge in [-0.25, -0.2) is 4.98 Å². The molecule has 1 unspecified atom stereocenters. The molecule has 0 radical (unpaired) electrons. The van der Waals surface area contributed by atoms with Crippen LogP contribution in [0.3, 0.4) is 0 Å². The molecule has 1 aliphatic heterocycles. The molecule has 0 aliphatic carbocycles. The maximum Gasteiger partial charge on any atom is 0.416 e. The van der Waals surface area contributed by atoms with Gasteiger partial charge in [0.1, 0.15) is 11.9 Å². The maximum atomic E-state index is 12.9. The number of H-pyrrole nitrogens is 1. The third kappa shape index (κ3) is 5.43. The number of carbonyl (C=O) groups is 3. The molecule has 0 bridgehead atoms. The predicted molar refractivity (Wildman–Crippen MR) is 120 cm³/mol. The number of anilines is 1. The number of fused-ring (bicyclic) bond motifs is 2. The molecular formula is C23H22F3N5O4. The number of nitrogens with zero attached hydrogens (tertiary/aromatic N) is 2. The van der Waals surface area contributed by atoms with Crippen LogP contribution in [0.1, 0.15) is 33.7 Å². The van der Waals surface area contributed by atoms with Gasteiger partial charge in [0, 0.05) is 24.8 Å². The van der Waals surface area contributed by atoms with Crippen LogP contribution in [0.2, 0.25) is 0 Å². The van der Waals surface area contributed by atoms with E-state index in [0.29, 0.717) is 28.2 Å². The SMILES string of the molecule is CN1Cc2cc(C(=O)CNCc3nc4ccc(C(F)(F)F)cc4[nH]3)ccc2NC(CC(=O)O)C1=O. The van der Waals surface area contributed by atoms with Crippen LogP contribution >= 0.6 is 0 Å². The number of alkyl halides is 3. The van der Waals surface area contributed by atoms with Gasteiger partial charge in [-0.3, -0.25) is 14.4 Å². The minimum absolute atomic E-state index is 0.0481. The van der Waals surface area contributed by atoms with E-state index in [4.69, 9.17) is 5.11 Å². The average molecular weight is 489 g/mol. The number of carboxylic acids is 1. The predicted octanol–water partition coefficient (Wildman–Crippen LogP) is 2.78. The quantitative estimate of drug-likeness (QED) is 0.376. The van der Waals surface area contributed by atoms with Crippen LogP contribution in [0, 0.1) is 0 Å². The van der Waals surface area contributed by atoms with Crippen molar-refractivity contribution in [2.24, 2.45) is 0 Å². The summed E-state index contributed by atoms with van der Waals surface area (Å²) in [7, 11) is 1.56. The van der Waals surface area contributed by atoms with Crippen LogP contribution in [0.4, 0.5) is 18.9 Å². The highest BCUT2D eigenvalue weighted by molar-refractivity contribution is 5.98. The number of Topliss-reactive ketones (excluding diaryl/α,β-unsaturated/α-hetero) is 1. The summed E-state index contributed by atoms with van der Waals surface area (Å²) in [6, 6.07) is 7.22. The molecule has 0 saturated heterocycles. The molecule has 4 N–H and O–H groups in total. The third-order valence-corrected chi connectivity index (χ3v) is 5.65. The van der Waals surface area contributed by atoms with E-state index < -0.39 is 23.8 Å². The number of nitrogens with one attached hydrogen (secondary N) is 3. The largest absolute Gasteiger partial charge is 0.481 e. The Morgan fingerprint density at radius 2 is 2.00 bits per heavy atom. The molecule has 3 aromatic rings. The van der Waals surface area contributed by atoms with Crippen molar-refractivity contribution in [3.8, 4) is 0 Å². The van der Waals surface area contributed by atoms with Crippen molar-refractivity contribution < 1.29 is 32.7 Å². The van der Waals surface area contributed by atoms with Crippen molar-refractivity contribution >= 4 is 34.4 Å². The lowest BCUT2D eigenvalue weighted by molar-refractivity contribution is -0.141. The number of imidazole rings is 1. The topological polar surface area (TPSA) is 127 Å². The van der Waals surface area contributed by atoms with Crippen molar-refractivity contribution in [3.05, 3.63) is 58.9 Å². The molecule has 0 spiro atoms. The lowest BCUT2D eigenvalue weighted by Crippen LogP contribution is -2.39. The molecule has 12 heteroatoms. The fraction of sp³-hybridized carbons (Fsp3) is 0.304. The molecule has 1 aromatic heterocycles. The second-order valence-electron chi connectivity index (χ2n) is 8.30. The highest BCUT2D eigenvalue weighted by Gasteiger charge is 2.31. The molecule has 1 amide bonds. The molecular weight excluding hydrogens is 467 g/mol. The molecule has 184 valence electrons. The second-order valence-corrected chi connectivity index (χ2v) is 8.30. The number of halogens is 3. The number of carbonyl (C=O) groups excluding carboxylic acids is 2. The lowest BCUT2D eigenvalue weighted by atomic mass is 10.0. The summed E-state index contributed by atoms with van der Waals surface area (Å²) in [6.07, 6.45) is -4.82. The Morgan fingerprint density at radius 1 is 1.23 bits per heavy atom. The first kappa shape index (κ1) is 24.2. The number of rotatable bonds is 7. The Bertz CT molecular complexity index is 1300. The van der Waals surface area contributed by atoms with E-state index in [1.807, 2.05) is 0 Å². The monoisotopic (exact) mass is 489 g/mol. The Hall–Kier alpha value is -3.93. The molecule has 4 rings (SSSR count). The Labute approximate surface area is 197 Å². The molecule has 2 heterocycles. The Kier molecular flexibility index (Phi) is 6.48. The van der Waals surface area contributed by atoms with E-state index in [1.54, 1.807) is 25.2 Å². The average Bonchev–Trinajstić information content (AvgIpc) is 3.15. The fourth-order valence-corrected chi connectivity index (χ4v) is 3.92. The Balaban J connectivity index is 1.41. The molecule has 1 aliphatic rings. The number of hydrogen-bond donors (Lipinski definition) is 4. The van der Waals surface area contributed by atoms with E-state index >= 15 is 0 Å². The van der Waals surface area contributed by atoms with Gasteiger partial charge in [-0.05, 0) is 42.0 Å². The van der Waals surface area contributed by atoms with Crippen LogP contribution < -0.4 is 10.6 Å². The van der Waals surface area contributed by atoms with Crippen LogP contribution in [-0.2, 0) is 28.9 Å². The van der Waals surface area contributed by atoms with Gasteiger partial charge in [0.25, 0.3) is 0 Å². The molecule has 1 atom stereocenters. The molecule has 9 nitrogen and oxygen atoms in total. The summed E-state index contributed by atoms with van der Waals surface area (Å²) in [5.41, 5.74) is 1.52. The lowest BCUT2D eigenvalue weighted by Gasteiger charge is -2.19. The van der Waals surface area contributed by atoms with Crippen molar-refractivity contribution in [1.29, 1.82) is 0 Å². The van der Waals surface area contributed by atoms with Crippen molar-refractivity contribution in [2.75, 3.05) is 18.9 Å². The highest BCUT2D eigenvalue weighted by atomic mass is 19.4. The van der Waals surface area contributed by atoms with Crippen LogP contribution in [-0.4, -0.2) is 57.3 Å². The first-order chi connectivity index (χ1) is 16.5. The first-order valence-electron chi connectivity index (χ1n) is 10.7.